The summed E-state index contributed by atoms with van der Waals surface area (Å²) in [7, 11) is 0. The zero-order chi connectivity index (χ0) is 17.8. The van der Waals surface area contributed by atoms with E-state index in [1.165, 1.54) is 17.7 Å². The number of nitrogens with zero attached hydrogens (tertiary/aromatic N) is 1. The first-order valence-corrected chi connectivity index (χ1v) is 8.89. The maximum Gasteiger partial charge on any atom is 0.277 e. The lowest BCUT2D eigenvalue weighted by atomic mass is 9.90. The van der Waals surface area contributed by atoms with E-state index >= 15 is 0 Å². The maximum atomic E-state index is 12.0. The molecule has 1 amide bonds. The molecule has 0 aliphatic heterocycles. The fraction of sp³-hybridized carbons (Fsp3) is 0.222. The third kappa shape index (κ3) is 4.46. The topological polar surface area (TPSA) is 50.7 Å². The molecule has 3 rings (SSSR count). The van der Waals surface area contributed by atoms with Gasteiger partial charge in [0.1, 0.15) is 5.75 Å². The van der Waals surface area contributed by atoms with Crippen LogP contribution in [0.2, 0.25) is 15.1 Å². The van der Waals surface area contributed by atoms with Crippen molar-refractivity contribution < 1.29 is 9.53 Å². The first-order valence-electron chi connectivity index (χ1n) is 7.75. The predicted octanol–water partition coefficient (Wildman–Crippen LogP) is 4.88. The normalized spacial score (nSPS) is 14.9. The molecule has 25 heavy (non-hydrogen) atoms. The summed E-state index contributed by atoms with van der Waals surface area (Å²) in [6.07, 6.45) is 2.87. The van der Waals surface area contributed by atoms with Gasteiger partial charge >= 0.3 is 0 Å². The number of carbonyl (C=O) groups is 1. The fourth-order valence-electron chi connectivity index (χ4n) is 2.64. The van der Waals surface area contributed by atoms with Gasteiger partial charge in [0.05, 0.1) is 20.8 Å². The Balaban J connectivity index is 1.62. The molecule has 0 bridgehead atoms. The van der Waals surface area contributed by atoms with Gasteiger partial charge in [-0.2, -0.15) is 5.10 Å². The lowest BCUT2D eigenvalue weighted by molar-refractivity contribution is -0.123. The van der Waals surface area contributed by atoms with Crippen molar-refractivity contribution in [2.45, 2.75) is 19.3 Å². The Kier molecular flexibility index (Phi) is 5.84. The Bertz CT molecular complexity index is 837. The van der Waals surface area contributed by atoms with Crippen LogP contribution >= 0.6 is 34.8 Å². The van der Waals surface area contributed by atoms with Crippen LogP contribution < -0.4 is 10.2 Å². The quantitative estimate of drug-likeness (QED) is 0.590. The molecule has 1 N–H and O–H groups in total. The van der Waals surface area contributed by atoms with Gasteiger partial charge in [0.15, 0.2) is 6.61 Å². The average Bonchev–Trinajstić information content (AvgIpc) is 2.61. The largest absolute Gasteiger partial charge is 0.482 e. The Morgan fingerprint density at radius 3 is 2.68 bits per heavy atom. The Hall–Kier alpha value is -1.75. The number of hydrogen-bond acceptors (Lipinski definition) is 3. The molecular formula is C18H15Cl3N2O2. The minimum Gasteiger partial charge on any atom is -0.482 e. The number of aryl methyl sites for hydroxylation is 1. The van der Waals surface area contributed by atoms with Crippen molar-refractivity contribution in [3.8, 4) is 5.75 Å². The third-order valence-electron chi connectivity index (χ3n) is 3.84. The summed E-state index contributed by atoms with van der Waals surface area (Å²) in [5, 5.41) is 5.17. The van der Waals surface area contributed by atoms with Crippen molar-refractivity contribution in [3.05, 3.63) is 62.6 Å². The molecule has 0 aromatic heterocycles. The van der Waals surface area contributed by atoms with Crippen LogP contribution in [0.3, 0.4) is 0 Å². The number of nitrogens with one attached hydrogen (secondary N) is 1. The number of hydrazone groups is 1. The number of ether oxygens (including phenoxy) is 1. The van der Waals surface area contributed by atoms with Crippen LogP contribution in [0.25, 0.3) is 0 Å². The summed E-state index contributed by atoms with van der Waals surface area (Å²) < 4.78 is 5.39. The van der Waals surface area contributed by atoms with Gasteiger partial charge in [0.25, 0.3) is 5.91 Å². The van der Waals surface area contributed by atoms with Crippen molar-refractivity contribution in [1.29, 1.82) is 0 Å². The molecule has 0 heterocycles. The lowest BCUT2D eigenvalue weighted by Gasteiger charge is -2.17. The number of halogens is 3. The zero-order valence-electron chi connectivity index (χ0n) is 13.2. The summed E-state index contributed by atoms with van der Waals surface area (Å²) in [6, 6.07) is 11.0. The molecule has 7 heteroatoms. The van der Waals surface area contributed by atoms with Crippen molar-refractivity contribution in [2.75, 3.05) is 6.61 Å². The summed E-state index contributed by atoms with van der Waals surface area (Å²) in [5.41, 5.74) is 5.74. The highest BCUT2D eigenvalue weighted by Crippen LogP contribution is 2.33. The number of rotatable bonds is 4. The van der Waals surface area contributed by atoms with E-state index in [1.807, 2.05) is 18.2 Å². The number of hydrogen-bond donors (Lipinski definition) is 1. The van der Waals surface area contributed by atoms with E-state index in [0.717, 1.165) is 30.5 Å². The van der Waals surface area contributed by atoms with Crippen LogP contribution in [0.5, 0.6) is 5.75 Å². The van der Waals surface area contributed by atoms with Gasteiger partial charge in [-0.25, -0.2) is 5.43 Å². The molecule has 130 valence electrons. The van der Waals surface area contributed by atoms with Gasteiger partial charge < -0.3 is 4.74 Å². The highest BCUT2D eigenvalue weighted by atomic mass is 35.5. The number of benzene rings is 2. The second-order valence-corrected chi connectivity index (χ2v) is 6.81. The molecule has 0 radical (unpaired) electrons. The number of carbonyl (C=O) groups excluding carboxylic acids is 1. The van der Waals surface area contributed by atoms with E-state index in [1.54, 1.807) is 0 Å². The summed E-state index contributed by atoms with van der Waals surface area (Å²) in [5.74, 6) is -0.0837. The minimum atomic E-state index is -0.377. The molecule has 1 aliphatic carbocycles. The van der Waals surface area contributed by atoms with E-state index in [4.69, 9.17) is 39.5 Å². The van der Waals surface area contributed by atoms with Gasteiger partial charge in [-0.3, -0.25) is 4.79 Å². The Labute approximate surface area is 160 Å². The van der Waals surface area contributed by atoms with Crippen LogP contribution in [0.1, 0.15) is 24.0 Å². The first-order chi connectivity index (χ1) is 12.0. The zero-order valence-corrected chi connectivity index (χ0v) is 15.5. The minimum absolute atomic E-state index is 0.226. The molecule has 0 saturated heterocycles. The SMILES string of the molecule is O=C(COc1cc(Cl)c(Cl)cc1Cl)NN=C1CCCc2ccccc21. The van der Waals surface area contributed by atoms with Crippen molar-refractivity contribution in [3.63, 3.8) is 0 Å². The first kappa shape index (κ1) is 18.1. The average molecular weight is 398 g/mol. The van der Waals surface area contributed by atoms with Crippen LogP contribution in [-0.2, 0) is 11.2 Å². The summed E-state index contributed by atoms with van der Waals surface area (Å²) >= 11 is 17.8. The molecule has 1 aliphatic rings. The van der Waals surface area contributed by atoms with Gasteiger partial charge in [0.2, 0.25) is 0 Å². The third-order valence-corrected chi connectivity index (χ3v) is 4.85. The van der Waals surface area contributed by atoms with Gasteiger partial charge in [-0.15, -0.1) is 0 Å². The van der Waals surface area contributed by atoms with E-state index in [-0.39, 0.29) is 17.5 Å². The summed E-state index contributed by atoms with van der Waals surface area (Å²) in [4.78, 5) is 12.0. The Morgan fingerprint density at radius 2 is 1.84 bits per heavy atom. The van der Waals surface area contributed by atoms with Crippen molar-refractivity contribution in [1.82, 2.24) is 5.43 Å². The molecular weight excluding hydrogens is 383 g/mol. The molecule has 4 nitrogen and oxygen atoms in total. The maximum absolute atomic E-state index is 12.0. The molecule has 0 unspecified atom stereocenters. The molecule has 0 spiro atoms. The fourth-order valence-corrected chi connectivity index (χ4v) is 3.23. The van der Waals surface area contributed by atoms with Gasteiger partial charge in [-0.05, 0) is 30.9 Å². The smallest absolute Gasteiger partial charge is 0.277 e. The van der Waals surface area contributed by atoms with Gasteiger partial charge in [-0.1, -0.05) is 59.1 Å². The van der Waals surface area contributed by atoms with E-state index in [0.29, 0.717) is 15.8 Å². The molecule has 2 aromatic carbocycles. The summed E-state index contributed by atoms with van der Waals surface area (Å²) in [6.45, 7) is -0.226. The highest BCUT2D eigenvalue weighted by molar-refractivity contribution is 6.43. The van der Waals surface area contributed by atoms with E-state index < -0.39 is 0 Å². The molecule has 2 aromatic rings. The van der Waals surface area contributed by atoms with E-state index in [9.17, 15) is 4.79 Å². The van der Waals surface area contributed by atoms with Crippen LogP contribution in [0.4, 0.5) is 0 Å². The highest BCUT2D eigenvalue weighted by Gasteiger charge is 2.15. The second-order valence-electron chi connectivity index (χ2n) is 5.59. The van der Waals surface area contributed by atoms with E-state index in [2.05, 4.69) is 16.6 Å². The standard InChI is InChI=1S/C18H15Cl3N2O2/c19-13-8-15(21)17(9-14(13)20)25-10-18(24)23-22-16-7-3-5-11-4-1-2-6-12(11)16/h1-2,4,6,8-9H,3,5,7,10H2,(H,23,24). The van der Waals surface area contributed by atoms with Crippen molar-refractivity contribution in [2.24, 2.45) is 5.10 Å². The number of fused-ring (bicyclic) bond motifs is 1. The molecule has 0 fully saturated rings. The molecule has 0 atom stereocenters. The monoisotopic (exact) mass is 396 g/mol. The Morgan fingerprint density at radius 1 is 1.08 bits per heavy atom. The van der Waals surface area contributed by atoms with Gasteiger partial charge in [0, 0.05) is 11.6 Å². The van der Waals surface area contributed by atoms with Crippen LogP contribution in [0, 0.1) is 0 Å². The van der Waals surface area contributed by atoms with Crippen LogP contribution in [0.15, 0.2) is 41.5 Å². The lowest BCUT2D eigenvalue weighted by Crippen LogP contribution is -2.27. The predicted molar refractivity (Wildman–Crippen MR) is 101 cm³/mol. The number of amides is 1. The van der Waals surface area contributed by atoms with Crippen molar-refractivity contribution >= 4 is 46.4 Å². The second kappa shape index (κ2) is 8.09. The molecule has 0 saturated carbocycles. The van der Waals surface area contributed by atoms with Crippen LogP contribution in [-0.4, -0.2) is 18.2 Å².